The molecule has 2 aromatic rings. The lowest BCUT2D eigenvalue weighted by molar-refractivity contribution is -0.128. The van der Waals surface area contributed by atoms with Crippen LogP contribution in [0.2, 0.25) is 20.2 Å². The van der Waals surface area contributed by atoms with E-state index in [-0.39, 0.29) is 34.0 Å². The Morgan fingerprint density at radius 2 is 1.83 bits per heavy atom. The Kier molecular flexibility index (Phi) is 5.07. The Hall–Kier alpha value is -1.91. The van der Waals surface area contributed by atoms with Gasteiger partial charge in [0.2, 0.25) is 11.8 Å². The summed E-state index contributed by atoms with van der Waals surface area (Å²) in [5.41, 5.74) is -1.87. The number of pyridine rings is 1. The molecule has 6 atom stereocenters. The van der Waals surface area contributed by atoms with Gasteiger partial charge in [-0.05, 0) is 24.6 Å². The van der Waals surface area contributed by atoms with Crippen LogP contribution in [-0.2, 0) is 15.1 Å². The van der Waals surface area contributed by atoms with Crippen LogP contribution >= 0.6 is 46.4 Å². The van der Waals surface area contributed by atoms with Crippen LogP contribution in [0.4, 0.5) is 11.5 Å². The fourth-order valence-electron chi connectivity index (χ4n) is 6.42. The third-order valence-electron chi connectivity index (χ3n) is 7.66. The molecule has 3 saturated heterocycles. The van der Waals surface area contributed by atoms with Crippen molar-refractivity contribution in [1.82, 2.24) is 9.88 Å². The van der Waals surface area contributed by atoms with Crippen LogP contribution in [0.25, 0.3) is 0 Å². The van der Waals surface area contributed by atoms with Crippen LogP contribution in [0.1, 0.15) is 12.0 Å². The van der Waals surface area contributed by atoms with E-state index in [2.05, 4.69) is 16.9 Å². The van der Waals surface area contributed by atoms with E-state index in [0.717, 1.165) is 4.90 Å². The number of hydrogen-bond acceptors (Lipinski definition) is 7. The fraction of sp³-hybridized carbons (Fsp3) is 0.348. The highest BCUT2D eigenvalue weighted by atomic mass is 35.5. The molecular weight excluding hydrogens is 538 g/mol. The lowest BCUT2D eigenvalue weighted by Gasteiger charge is -2.41. The topological polar surface area (TPSA) is 106 Å². The smallest absolute Gasteiger partial charge is 0.241 e. The predicted molar refractivity (Wildman–Crippen MR) is 132 cm³/mol. The summed E-state index contributed by atoms with van der Waals surface area (Å²) in [5, 5.41) is 26.4. The van der Waals surface area contributed by atoms with Crippen LogP contribution < -0.4 is 10.2 Å². The minimum absolute atomic E-state index is 0.00428. The van der Waals surface area contributed by atoms with Crippen molar-refractivity contribution >= 4 is 69.7 Å². The summed E-state index contributed by atoms with van der Waals surface area (Å²) >= 11 is 25.0. The summed E-state index contributed by atoms with van der Waals surface area (Å²) < 4.78 is 0. The summed E-state index contributed by atoms with van der Waals surface area (Å²) in [7, 11) is 0. The summed E-state index contributed by atoms with van der Waals surface area (Å²) in [5.74, 6) is -2.99. The molecule has 3 fully saturated rings. The molecule has 12 heteroatoms. The molecule has 1 spiro atoms. The Morgan fingerprint density at radius 1 is 1.11 bits per heavy atom. The molecule has 0 bridgehead atoms. The molecule has 35 heavy (non-hydrogen) atoms. The highest BCUT2D eigenvalue weighted by Crippen LogP contribution is 2.63. The molecule has 3 N–H and O–H groups in total. The quantitative estimate of drug-likeness (QED) is 0.296. The van der Waals surface area contributed by atoms with Gasteiger partial charge in [-0.3, -0.25) is 14.5 Å². The standard InChI is InChI=1S/C23H18Cl4N4O4/c1-2-22(35)7-13-16-17(20(33)31(19(16)32)15-6-10(25)5-14(27)28-15)23(30(13)8-22)11-3-9(24)4-12(26)18(11)29-21(23)34/h2-6,13,16-17,21,29,34-35H,1,7-8H2/t13?,16?,17?,21-,22+,23?/m1/s1. The maximum Gasteiger partial charge on any atom is 0.241 e. The highest BCUT2D eigenvalue weighted by molar-refractivity contribution is 6.37. The van der Waals surface area contributed by atoms with E-state index in [1.165, 1.54) is 24.3 Å². The average molecular weight is 556 g/mol. The highest BCUT2D eigenvalue weighted by Gasteiger charge is 2.76. The van der Waals surface area contributed by atoms with Gasteiger partial charge in [0.05, 0.1) is 28.1 Å². The first-order valence-corrected chi connectivity index (χ1v) is 12.3. The van der Waals surface area contributed by atoms with Crippen molar-refractivity contribution in [3.8, 4) is 0 Å². The number of halogens is 4. The van der Waals surface area contributed by atoms with Gasteiger partial charge in [-0.2, -0.15) is 0 Å². The number of aromatic nitrogens is 1. The number of fused-ring (bicyclic) bond motifs is 7. The number of carbonyl (C=O) groups is 2. The number of imide groups is 1. The van der Waals surface area contributed by atoms with Crippen LogP contribution in [0, 0.1) is 11.8 Å². The predicted octanol–water partition coefficient (Wildman–Crippen LogP) is 3.45. The SMILES string of the molecule is C=C[C@]1(O)CC2C3C(=O)N(c4cc(Cl)cc(Cl)n4)C(=O)C3C3(c4cc(Cl)cc(Cl)c4N[C@@H]3O)N2C1. The van der Waals surface area contributed by atoms with Gasteiger partial charge in [0.1, 0.15) is 22.7 Å². The van der Waals surface area contributed by atoms with Crippen molar-refractivity contribution in [2.75, 3.05) is 16.8 Å². The maximum atomic E-state index is 14.0. The van der Waals surface area contributed by atoms with E-state index in [9.17, 15) is 19.8 Å². The second-order valence-corrected chi connectivity index (χ2v) is 11.0. The number of nitrogens with one attached hydrogen (secondary N) is 1. The molecule has 5 heterocycles. The second kappa shape index (κ2) is 7.55. The molecule has 0 saturated carbocycles. The van der Waals surface area contributed by atoms with E-state index >= 15 is 0 Å². The molecule has 0 aliphatic carbocycles. The summed E-state index contributed by atoms with van der Waals surface area (Å²) in [6.07, 6.45) is 0.240. The third kappa shape index (κ3) is 2.96. The average Bonchev–Trinajstić information content (AvgIpc) is 3.42. The first-order chi connectivity index (χ1) is 16.5. The largest absolute Gasteiger partial charge is 0.384 e. The van der Waals surface area contributed by atoms with Gasteiger partial charge in [-0.15, -0.1) is 6.58 Å². The Morgan fingerprint density at radius 3 is 2.51 bits per heavy atom. The molecule has 6 rings (SSSR count). The summed E-state index contributed by atoms with van der Waals surface area (Å²) in [4.78, 5) is 34.8. The molecule has 1 aromatic carbocycles. The maximum absolute atomic E-state index is 14.0. The summed E-state index contributed by atoms with van der Waals surface area (Å²) in [6.45, 7) is 3.81. The molecular formula is C23H18Cl4N4O4. The Bertz CT molecular complexity index is 1320. The number of aliphatic hydroxyl groups excluding tert-OH is 1. The van der Waals surface area contributed by atoms with Crippen LogP contribution in [-0.4, -0.2) is 56.3 Å². The minimum atomic E-state index is -1.43. The van der Waals surface area contributed by atoms with Crippen molar-refractivity contribution in [1.29, 1.82) is 0 Å². The molecule has 8 nitrogen and oxygen atoms in total. The normalized spacial score (nSPS) is 35.4. The van der Waals surface area contributed by atoms with E-state index < -0.39 is 47.1 Å². The van der Waals surface area contributed by atoms with E-state index in [4.69, 9.17) is 46.4 Å². The number of aliphatic hydroxyl groups is 2. The van der Waals surface area contributed by atoms with Crippen LogP contribution in [0.3, 0.4) is 0 Å². The minimum Gasteiger partial charge on any atom is -0.384 e. The van der Waals surface area contributed by atoms with Gasteiger partial charge in [-0.1, -0.05) is 52.5 Å². The molecule has 2 amide bonds. The Labute approximate surface area is 220 Å². The van der Waals surface area contributed by atoms with Gasteiger partial charge >= 0.3 is 0 Å². The number of carbonyl (C=O) groups excluding carboxylic acids is 2. The number of amides is 2. The van der Waals surface area contributed by atoms with Gasteiger partial charge in [-0.25, -0.2) is 9.88 Å². The fourth-order valence-corrected chi connectivity index (χ4v) is 7.42. The lowest BCUT2D eigenvalue weighted by atomic mass is 9.74. The van der Waals surface area contributed by atoms with Gasteiger partial charge < -0.3 is 15.5 Å². The number of rotatable bonds is 2. The number of benzene rings is 1. The lowest BCUT2D eigenvalue weighted by Crippen LogP contribution is -2.57. The zero-order valence-electron chi connectivity index (χ0n) is 17.9. The first kappa shape index (κ1) is 23.5. The summed E-state index contributed by atoms with van der Waals surface area (Å²) in [6, 6.07) is 5.35. The molecule has 182 valence electrons. The zero-order chi connectivity index (χ0) is 25.0. The Balaban J connectivity index is 1.59. The number of hydrogen-bond donors (Lipinski definition) is 3. The molecule has 4 unspecified atom stereocenters. The molecule has 4 aliphatic rings. The van der Waals surface area contributed by atoms with Crippen molar-refractivity contribution in [2.45, 2.75) is 29.8 Å². The van der Waals surface area contributed by atoms with Crippen molar-refractivity contribution in [3.05, 3.63) is 62.7 Å². The van der Waals surface area contributed by atoms with Gasteiger partial charge in [0.25, 0.3) is 0 Å². The van der Waals surface area contributed by atoms with E-state index in [0.29, 0.717) is 16.3 Å². The van der Waals surface area contributed by atoms with E-state index in [1.54, 1.807) is 6.07 Å². The first-order valence-electron chi connectivity index (χ1n) is 10.8. The monoisotopic (exact) mass is 554 g/mol. The van der Waals surface area contributed by atoms with Crippen LogP contribution in [0.5, 0.6) is 0 Å². The van der Waals surface area contributed by atoms with Crippen molar-refractivity contribution in [3.63, 3.8) is 0 Å². The molecule has 1 aromatic heterocycles. The molecule has 4 aliphatic heterocycles. The zero-order valence-corrected chi connectivity index (χ0v) is 20.9. The van der Waals surface area contributed by atoms with Crippen molar-refractivity contribution < 1.29 is 19.8 Å². The van der Waals surface area contributed by atoms with Gasteiger partial charge in [0, 0.05) is 34.3 Å². The number of anilines is 2. The molecule has 0 radical (unpaired) electrons. The van der Waals surface area contributed by atoms with Crippen molar-refractivity contribution in [2.24, 2.45) is 11.8 Å². The van der Waals surface area contributed by atoms with Gasteiger partial charge in [0.15, 0.2) is 0 Å². The second-order valence-electron chi connectivity index (χ2n) is 9.37. The number of nitrogens with zero attached hydrogens (tertiary/aromatic N) is 3. The van der Waals surface area contributed by atoms with Crippen LogP contribution in [0.15, 0.2) is 36.9 Å². The van der Waals surface area contributed by atoms with E-state index in [1.807, 2.05) is 4.90 Å². The third-order valence-corrected chi connectivity index (χ3v) is 8.59.